The molecule has 1 aromatic carbocycles. The number of benzene rings is 1. The zero-order valence-corrected chi connectivity index (χ0v) is 11.5. The van der Waals surface area contributed by atoms with Gasteiger partial charge in [0.25, 0.3) is 5.91 Å². The van der Waals surface area contributed by atoms with Crippen LogP contribution in [0.25, 0.3) is 0 Å². The number of nitrogens with two attached hydrogens (primary N) is 1. The Labute approximate surface area is 122 Å². The van der Waals surface area contributed by atoms with Crippen LogP contribution < -0.4 is 11.1 Å². The van der Waals surface area contributed by atoms with Gasteiger partial charge in [-0.1, -0.05) is 25.0 Å². The van der Waals surface area contributed by atoms with Crippen LogP contribution >= 0.6 is 0 Å². The van der Waals surface area contributed by atoms with E-state index in [9.17, 15) is 19.5 Å². The molecule has 112 valence electrons. The maximum Gasteiger partial charge on any atom is 0.307 e. The van der Waals surface area contributed by atoms with Crippen LogP contribution in [0, 0.1) is 11.8 Å². The molecular weight excluding hydrogens is 272 g/mol. The number of primary amides is 1. The van der Waals surface area contributed by atoms with Crippen molar-refractivity contribution in [2.45, 2.75) is 25.7 Å². The molecule has 1 aliphatic rings. The fourth-order valence-corrected chi connectivity index (χ4v) is 2.77. The molecule has 1 fully saturated rings. The first-order valence-electron chi connectivity index (χ1n) is 6.93. The third-order valence-electron chi connectivity index (χ3n) is 3.87. The highest BCUT2D eigenvalue weighted by molar-refractivity contribution is 6.04. The molecule has 1 saturated carbocycles. The lowest BCUT2D eigenvalue weighted by molar-refractivity contribution is -0.147. The highest BCUT2D eigenvalue weighted by Crippen LogP contribution is 2.31. The molecule has 0 bridgehead atoms. The van der Waals surface area contributed by atoms with Gasteiger partial charge in [0.15, 0.2) is 0 Å². The van der Waals surface area contributed by atoms with E-state index in [2.05, 4.69) is 5.32 Å². The maximum atomic E-state index is 12.3. The Morgan fingerprint density at radius 1 is 1.10 bits per heavy atom. The second-order valence-corrected chi connectivity index (χ2v) is 5.23. The van der Waals surface area contributed by atoms with Crippen molar-refractivity contribution in [2.24, 2.45) is 17.6 Å². The van der Waals surface area contributed by atoms with E-state index in [1.54, 1.807) is 18.2 Å². The number of nitrogens with one attached hydrogen (secondary N) is 1. The summed E-state index contributed by atoms with van der Waals surface area (Å²) in [6.45, 7) is 0. The van der Waals surface area contributed by atoms with Crippen molar-refractivity contribution in [1.29, 1.82) is 0 Å². The minimum Gasteiger partial charge on any atom is -0.481 e. The third kappa shape index (κ3) is 3.39. The first kappa shape index (κ1) is 15.0. The number of amides is 2. The molecule has 2 atom stereocenters. The first-order chi connectivity index (χ1) is 10.0. The zero-order valence-electron chi connectivity index (χ0n) is 11.5. The molecular formula is C15H18N2O4. The van der Waals surface area contributed by atoms with E-state index < -0.39 is 23.7 Å². The summed E-state index contributed by atoms with van der Waals surface area (Å²) in [7, 11) is 0. The van der Waals surface area contributed by atoms with Crippen molar-refractivity contribution >= 4 is 23.5 Å². The number of carboxylic acids is 1. The van der Waals surface area contributed by atoms with Crippen LogP contribution in [0.15, 0.2) is 24.3 Å². The van der Waals surface area contributed by atoms with Gasteiger partial charge in [0, 0.05) is 0 Å². The van der Waals surface area contributed by atoms with Crippen LogP contribution in [-0.2, 0) is 9.59 Å². The number of aliphatic carboxylic acids is 1. The van der Waals surface area contributed by atoms with Gasteiger partial charge in [-0.15, -0.1) is 0 Å². The van der Waals surface area contributed by atoms with E-state index in [0.29, 0.717) is 18.5 Å². The van der Waals surface area contributed by atoms with Gasteiger partial charge < -0.3 is 16.2 Å². The Balaban J connectivity index is 2.17. The SMILES string of the molecule is NC(=O)c1ccccc1NC(=O)[C@H]1CCCC[C@@H]1C(=O)O. The molecule has 1 aromatic rings. The summed E-state index contributed by atoms with van der Waals surface area (Å²) >= 11 is 0. The van der Waals surface area contributed by atoms with Crippen molar-refractivity contribution in [3.8, 4) is 0 Å². The van der Waals surface area contributed by atoms with Gasteiger partial charge in [0.05, 0.1) is 23.1 Å². The van der Waals surface area contributed by atoms with Crippen LogP contribution in [-0.4, -0.2) is 22.9 Å². The van der Waals surface area contributed by atoms with Crippen LogP contribution in [0.4, 0.5) is 5.69 Å². The predicted octanol–water partition coefficient (Wildman–Crippen LogP) is 1.61. The average molecular weight is 290 g/mol. The Kier molecular flexibility index (Phi) is 4.57. The van der Waals surface area contributed by atoms with Gasteiger partial charge in [0.1, 0.15) is 0 Å². The number of anilines is 1. The van der Waals surface area contributed by atoms with Gasteiger partial charge in [-0.3, -0.25) is 14.4 Å². The number of para-hydroxylation sites is 1. The minimum absolute atomic E-state index is 0.216. The molecule has 0 unspecified atom stereocenters. The lowest BCUT2D eigenvalue weighted by atomic mass is 9.78. The highest BCUT2D eigenvalue weighted by Gasteiger charge is 2.35. The molecule has 2 amide bonds. The Bertz CT molecular complexity index is 571. The van der Waals surface area contributed by atoms with Crippen molar-refractivity contribution in [2.75, 3.05) is 5.32 Å². The van der Waals surface area contributed by atoms with E-state index in [4.69, 9.17) is 5.73 Å². The summed E-state index contributed by atoms with van der Waals surface area (Å²) in [5.41, 5.74) is 5.80. The molecule has 0 aromatic heterocycles. The smallest absolute Gasteiger partial charge is 0.307 e. The number of carboxylic acid groups (broad SMARTS) is 1. The highest BCUT2D eigenvalue weighted by atomic mass is 16.4. The molecule has 0 aliphatic heterocycles. The Morgan fingerprint density at radius 3 is 2.33 bits per heavy atom. The van der Waals surface area contributed by atoms with Gasteiger partial charge in [0.2, 0.25) is 5.91 Å². The lowest BCUT2D eigenvalue weighted by Crippen LogP contribution is -2.36. The number of carbonyl (C=O) groups is 3. The normalized spacial score (nSPS) is 21.5. The molecule has 2 rings (SSSR count). The first-order valence-corrected chi connectivity index (χ1v) is 6.93. The van der Waals surface area contributed by atoms with Crippen LogP contribution in [0.3, 0.4) is 0 Å². The van der Waals surface area contributed by atoms with Gasteiger partial charge in [-0.05, 0) is 25.0 Å². The molecule has 0 saturated heterocycles. The summed E-state index contributed by atoms with van der Waals surface area (Å²) in [4.78, 5) is 34.9. The van der Waals surface area contributed by atoms with Crippen molar-refractivity contribution in [3.63, 3.8) is 0 Å². The monoisotopic (exact) mass is 290 g/mol. The van der Waals surface area contributed by atoms with Crippen molar-refractivity contribution in [3.05, 3.63) is 29.8 Å². The second kappa shape index (κ2) is 6.39. The number of hydrogen-bond acceptors (Lipinski definition) is 3. The second-order valence-electron chi connectivity index (χ2n) is 5.23. The van der Waals surface area contributed by atoms with Crippen LogP contribution in [0.5, 0.6) is 0 Å². The molecule has 4 N–H and O–H groups in total. The molecule has 0 heterocycles. The molecule has 0 spiro atoms. The largest absolute Gasteiger partial charge is 0.481 e. The van der Waals surface area contributed by atoms with Gasteiger partial charge in [-0.25, -0.2) is 0 Å². The molecule has 21 heavy (non-hydrogen) atoms. The average Bonchev–Trinajstić information content (AvgIpc) is 2.47. The van der Waals surface area contributed by atoms with Crippen LogP contribution in [0.2, 0.25) is 0 Å². The van der Waals surface area contributed by atoms with Crippen LogP contribution in [0.1, 0.15) is 36.0 Å². The summed E-state index contributed by atoms with van der Waals surface area (Å²) in [5.74, 6) is -3.19. The van der Waals surface area contributed by atoms with Crippen molar-refractivity contribution < 1.29 is 19.5 Å². The topological polar surface area (TPSA) is 109 Å². The molecule has 6 nitrogen and oxygen atoms in total. The summed E-state index contributed by atoms with van der Waals surface area (Å²) in [6.07, 6.45) is 2.70. The number of rotatable bonds is 4. The predicted molar refractivity (Wildman–Crippen MR) is 76.7 cm³/mol. The van der Waals surface area contributed by atoms with Crippen molar-refractivity contribution in [1.82, 2.24) is 0 Å². The molecule has 0 radical (unpaired) electrons. The third-order valence-corrected chi connectivity index (χ3v) is 3.87. The van der Waals surface area contributed by atoms with Gasteiger partial charge >= 0.3 is 5.97 Å². The summed E-state index contributed by atoms with van der Waals surface area (Å²) in [6, 6.07) is 6.43. The quantitative estimate of drug-likeness (QED) is 0.782. The standard InChI is InChI=1S/C15H18N2O4/c16-13(18)11-7-3-4-8-12(11)17-14(19)9-5-1-2-6-10(9)15(20)21/h3-4,7-10H,1-2,5-6H2,(H2,16,18)(H,17,19)(H,20,21)/t9-,10-/m0/s1. The Morgan fingerprint density at radius 2 is 1.71 bits per heavy atom. The zero-order chi connectivity index (χ0) is 15.4. The molecule has 1 aliphatic carbocycles. The fraction of sp³-hybridized carbons (Fsp3) is 0.400. The van der Waals surface area contributed by atoms with E-state index in [0.717, 1.165) is 12.8 Å². The minimum atomic E-state index is -0.946. The van der Waals surface area contributed by atoms with E-state index in [1.165, 1.54) is 6.07 Å². The summed E-state index contributed by atoms with van der Waals surface area (Å²) < 4.78 is 0. The van der Waals surface area contributed by atoms with E-state index in [-0.39, 0.29) is 11.5 Å². The van der Waals surface area contributed by atoms with Gasteiger partial charge in [-0.2, -0.15) is 0 Å². The maximum absolute atomic E-state index is 12.3. The fourth-order valence-electron chi connectivity index (χ4n) is 2.77. The molecule has 6 heteroatoms. The Hall–Kier alpha value is -2.37. The lowest BCUT2D eigenvalue weighted by Gasteiger charge is -2.27. The number of carbonyl (C=O) groups excluding carboxylic acids is 2. The van der Waals surface area contributed by atoms with E-state index >= 15 is 0 Å². The summed E-state index contributed by atoms with van der Waals surface area (Å²) in [5, 5.41) is 11.9. The number of hydrogen-bond donors (Lipinski definition) is 3. The van der Waals surface area contributed by atoms with E-state index in [1.807, 2.05) is 0 Å².